The molecule has 2 heterocycles. The Morgan fingerprint density at radius 1 is 1.11 bits per heavy atom. The van der Waals surface area contributed by atoms with Crippen LogP contribution in [-0.4, -0.2) is 26.2 Å². The second-order valence-corrected chi connectivity index (χ2v) is 7.26. The van der Waals surface area contributed by atoms with Gasteiger partial charge in [0.2, 0.25) is 5.91 Å². The number of para-hydroxylation sites is 1. The minimum Gasteiger partial charge on any atom is -0.325 e. The fraction of sp³-hybridized carbons (Fsp3) is 0.333. The Balaban J connectivity index is 1.81. The molecule has 6 nitrogen and oxygen atoms in total. The van der Waals surface area contributed by atoms with Gasteiger partial charge < -0.3 is 5.32 Å². The van der Waals surface area contributed by atoms with E-state index in [1.54, 1.807) is 22.9 Å². The maximum absolute atomic E-state index is 12.7. The zero-order chi connectivity index (χ0) is 20.1. The first kappa shape index (κ1) is 20.1. The summed E-state index contributed by atoms with van der Waals surface area (Å²) in [5.41, 5.74) is 3.42. The molecule has 1 aromatic carbocycles. The number of benzene rings is 1. The van der Waals surface area contributed by atoms with E-state index in [0.717, 1.165) is 29.7 Å². The van der Waals surface area contributed by atoms with Crippen molar-refractivity contribution < 1.29 is 4.79 Å². The van der Waals surface area contributed by atoms with Crippen LogP contribution >= 0.6 is 11.8 Å². The molecule has 0 atom stereocenters. The number of pyridine rings is 1. The number of hydrogen-bond acceptors (Lipinski definition) is 5. The Hall–Kier alpha value is -2.67. The van der Waals surface area contributed by atoms with E-state index < -0.39 is 0 Å². The number of aromatic nitrogens is 3. The van der Waals surface area contributed by atoms with E-state index in [4.69, 9.17) is 0 Å². The smallest absolute Gasteiger partial charge is 0.263 e. The fourth-order valence-corrected chi connectivity index (χ4v) is 3.99. The molecular formula is C21H24N4O2S. The van der Waals surface area contributed by atoms with Gasteiger partial charge in [-0.15, -0.1) is 0 Å². The predicted octanol–water partition coefficient (Wildman–Crippen LogP) is 3.67. The molecule has 0 saturated carbocycles. The van der Waals surface area contributed by atoms with Crippen molar-refractivity contribution in [2.75, 3.05) is 11.1 Å². The molecule has 3 rings (SSSR count). The minimum atomic E-state index is -0.131. The highest BCUT2D eigenvalue weighted by molar-refractivity contribution is 7.99. The van der Waals surface area contributed by atoms with Crippen molar-refractivity contribution in [1.82, 2.24) is 14.5 Å². The summed E-state index contributed by atoms with van der Waals surface area (Å²) in [5.74, 6) is 0.0602. The van der Waals surface area contributed by atoms with Gasteiger partial charge in [0.25, 0.3) is 5.56 Å². The Morgan fingerprint density at radius 2 is 1.82 bits per heavy atom. The number of fused-ring (bicyclic) bond motifs is 1. The first-order valence-corrected chi connectivity index (χ1v) is 10.5. The van der Waals surface area contributed by atoms with Crippen LogP contribution in [0.2, 0.25) is 0 Å². The van der Waals surface area contributed by atoms with Crippen molar-refractivity contribution >= 4 is 34.4 Å². The SMILES string of the molecule is CCc1cccc(CC)c1NC(=O)CSc1nc2ncccc2c(=O)n1CC. The summed E-state index contributed by atoms with van der Waals surface area (Å²) < 4.78 is 1.58. The number of anilines is 1. The molecule has 0 aliphatic carbocycles. The zero-order valence-electron chi connectivity index (χ0n) is 16.4. The summed E-state index contributed by atoms with van der Waals surface area (Å²) in [5, 5.41) is 4.05. The highest BCUT2D eigenvalue weighted by Crippen LogP contribution is 2.23. The number of nitrogens with zero attached hydrogens (tertiary/aromatic N) is 3. The van der Waals surface area contributed by atoms with E-state index >= 15 is 0 Å². The fourth-order valence-electron chi connectivity index (χ4n) is 3.13. The number of aryl methyl sites for hydroxylation is 2. The van der Waals surface area contributed by atoms with Crippen molar-refractivity contribution in [2.45, 2.75) is 45.3 Å². The second-order valence-electron chi connectivity index (χ2n) is 6.31. The normalized spacial score (nSPS) is 11.0. The van der Waals surface area contributed by atoms with Crippen LogP contribution in [0.1, 0.15) is 31.9 Å². The highest BCUT2D eigenvalue weighted by atomic mass is 32.2. The molecule has 146 valence electrons. The standard InChI is InChI=1S/C21H24N4O2S/c1-4-14-9-7-10-15(5-2)18(14)23-17(26)13-28-21-24-19-16(11-8-12-22-19)20(27)25(21)6-3/h7-12H,4-6,13H2,1-3H3,(H,23,26). The maximum Gasteiger partial charge on any atom is 0.263 e. The van der Waals surface area contributed by atoms with Gasteiger partial charge in [0, 0.05) is 18.4 Å². The van der Waals surface area contributed by atoms with Crippen LogP contribution in [0.3, 0.4) is 0 Å². The Morgan fingerprint density at radius 3 is 2.46 bits per heavy atom. The maximum atomic E-state index is 12.7. The van der Waals surface area contributed by atoms with Gasteiger partial charge in [0.15, 0.2) is 10.8 Å². The molecule has 2 aromatic heterocycles. The summed E-state index contributed by atoms with van der Waals surface area (Å²) >= 11 is 1.25. The molecule has 0 radical (unpaired) electrons. The number of nitrogens with one attached hydrogen (secondary N) is 1. The number of hydrogen-bond donors (Lipinski definition) is 1. The van der Waals surface area contributed by atoms with E-state index in [0.29, 0.717) is 22.7 Å². The van der Waals surface area contributed by atoms with Gasteiger partial charge in [0.05, 0.1) is 11.1 Å². The summed E-state index contributed by atoms with van der Waals surface area (Å²) in [4.78, 5) is 33.9. The van der Waals surface area contributed by atoms with Gasteiger partial charge in [-0.2, -0.15) is 0 Å². The molecular weight excluding hydrogens is 372 g/mol. The molecule has 0 saturated heterocycles. The minimum absolute atomic E-state index is 0.112. The Bertz CT molecular complexity index is 1040. The van der Waals surface area contributed by atoms with Gasteiger partial charge in [-0.3, -0.25) is 14.2 Å². The lowest BCUT2D eigenvalue weighted by molar-refractivity contribution is -0.113. The Kier molecular flexibility index (Phi) is 6.46. The molecule has 0 aliphatic rings. The number of carbonyl (C=O) groups is 1. The van der Waals surface area contributed by atoms with E-state index in [9.17, 15) is 9.59 Å². The quantitative estimate of drug-likeness (QED) is 0.487. The molecule has 28 heavy (non-hydrogen) atoms. The van der Waals surface area contributed by atoms with E-state index in [1.807, 2.05) is 25.1 Å². The van der Waals surface area contributed by atoms with Gasteiger partial charge >= 0.3 is 0 Å². The molecule has 0 spiro atoms. The third kappa shape index (κ3) is 4.09. The number of carbonyl (C=O) groups excluding carboxylic acids is 1. The topological polar surface area (TPSA) is 76.9 Å². The lowest BCUT2D eigenvalue weighted by Gasteiger charge is -2.15. The molecule has 0 unspecified atom stereocenters. The second kappa shape index (κ2) is 9.01. The van der Waals surface area contributed by atoms with Crippen LogP contribution in [0, 0.1) is 0 Å². The lowest BCUT2D eigenvalue weighted by atomic mass is 10.0. The van der Waals surface area contributed by atoms with Crippen molar-refractivity contribution in [3.63, 3.8) is 0 Å². The van der Waals surface area contributed by atoms with Crippen molar-refractivity contribution in [3.8, 4) is 0 Å². The highest BCUT2D eigenvalue weighted by Gasteiger charge is 2.14. The predicted molar refractivity (Wildman–Crippen MR) is 114 cm³/mol. The van der Waals surface area contributed by atoms with Crippen LogP contribution < -0.4 is 10.9 Å². The van der Waals surface area contributed by atoms with Crippen molar-refractivity contribution in [3.05, 3.63) is 58.0 Å². The summed E-state index contributed by atoms with van der Waals surface area (Å²) in [6.07, 6.45) is 3.31. The van der Waals surface area contributed by atoms with Crippen LogP contribution in [0.25, 0.3) is 11.0 Å². The van der Waals surface area contributed by atoms with Gasteiger partial charge in [-0.05, 0) is 43.0 Å². The van der Waals surface area contributed by atoms with Crippen LogP contribution in [0.4, 0.5) is 5.69 Å². The Labute approximate surface area is 168 Å². The zero-order valence-corrected chi connectivity index (χ0v) is 17.2. The van der Waals surface area contributed by atoms with Crippen molar-refractivity contribution in [2.24, 2.45) is 0 Å². The molecule has 1 N–H and O–H groups in total. The monoisotopic (exact) mass is 396 g/mol. The third-order valence-corrected chi connectivity index (χ3v) is 5.58. The van der Waals surface area contributed by atoms with Crippen LogP contribution in [0.5, 0.6) is 0 Å². The average molecular weight is 397 g/mol. The van der Waals surface area contributed by atoms with Gasteiger partial charge in [-0.25, -0.2) is 9.97 Å². The first-order valence-electron chi connectivity index (χ1n) is 9.47. The van der Waals surface area contributed by atoms with Gasteiger partial charge in [-0.1, -0.05) is 43.8 Å². The molecule has 0 bridgehead atoms. The molecule has 3 aromatic rings. The lowest BCUT2D eigenvalue weighted by Crippen LogP contribution is -2.24. The molecule has 0 fully saturated rings. The van der Waals surface area contributed by atoms with E-state index in [2.05, 4.69) is 29.1 Å². The number of thioether (sulfide) groups is 1. The molecule has 0 aliphatic heterocycles. The average Bonchev–Trinajstić information content (AvgIpc) is 2.72. The van der Waals surface area contributed by atoms with Crippen LogP contribution in [0.15, 0.2) is 46.5 Å². The van der Waals surface area contributed by atoms with E-state index in [1.165, 1.54) is 11.8 Å². The third-order valence-electron chi connectivity index (χ3n) is 4.61. The van der Waals surface area contributed by atoms with Crippen molar-refractivity contribution in [1.29, 1.82) is 0 Å². The largest absolute Gasteiger partial charge is 0.325 e. The van der Waals surface area contributed by atoms with E-state index in [-0.39, 0.29) is 17.2 Å². The van der Waals surface area contributed by atoms with Crippen LogP contribution in [-0.2, 0) is 24.2 Å². The first-order chi connectivity index (χ1) is 13.6. The van der Waals surface area contributed by atoms with Gasteiger partial charge in [0.1, 0.15) is 0 Å². The molecule has 7 heteroatoms. The summed E-state index contributed by atoms with van der Waals surface area (Å²) in [6, 6.07) is 9.54. The number of amides is 1. The number of rotatable bonds is 7. The summed E-state index contributed by atoms with van der Waals surface area (Å²) in [6.45, 7) is 6.52. The molecule has 1 amide bonds. The summed E-state index contributed by atoms with van der Waals surface area (Å²) in [7, 11) is 0.